The maximum Gasteiger partial charge on any atom is 0.433 e. The fourth-order valence-corrected chi connectivity index (χ4v) is 10.4. The maximum absolute atomic E-state index is 15.0. The molecule has 1 unspecified atom stereocenters. The van der Waals surface area contributed by atoms with Gasteiger partial charge in [0.1, 0.15) is 17.5 Å². The number of ether oxygens (including phenoxy) is 1. The van der Waals surface area contributed by atoms with E-state index in [2.05, 4.69) is 5.10 Å². The molecule has 3 aromatic rings. The molecule has 0 bridgehead atoms. The second kappa shape index (κ2) is 16.9. The van der Waals surface area contributed by atoms with Crippen molar-refractivity contribution in [3.63, 3.8) is 0 Å². The number of amides is 1. The molecule has 1 saturated carbocycles. The molecule has 16 heteroatoms. The predicted molar refractivity (Wildman–Crippen MR) is 188 cm³/mol. The highest BCUT2D eigenvalue weighted by atomic mass is 35.5. The first-order valence-corrected chi connectivity index (χ1v) is 20.6. The number of carbonyl (C=O) groups is 2. The van der Waals surface area contributed by atoms with Crippen LogP contribution >= 0.6 is 23.2 Å². The molecule has 1 fully saturated rings. The second-order valence-corrected chi connectivity index (χ2v) is 19.0. The lowest BCUT2D eigenvalue weighted by Gasteiger charge is -2.37. The first-order valence-electron chi connectivity index (χ1n) is 17.3. The van der Waals surface area contributed by atoms with Crippen molar-refractivity contribution in [2.24, 2.45) is 5.41 Å². The largest absolute Gasteiger partial charge is 0.466 e. The third-order valence-electron chi connectivity index (χ3n) is 10.1. The Morgan fingerprint density at radius 1 is 0.962 bits per heavy atom. The van der Waals surface area contributed by atoms with Gasteiger partial charge in [-0.1, -0.05) is 44.0 Å². The zero-order valence-corrected chi connectivity index (χ0v) is 32.2. The zero-order valence-electron chi connectivity index (χ0n) is 29.7. The van der Waals surface area contributed by atoms with Crippen LogP contribution in [0.3, 0.4) is 0 Å². The first kappa shape index (κ1) is 41.7. The molecular weight excluding hydrogens is 751 g/mol. The molecule has 1 aliphatic carbocycles. The van der Waals surface area contributed by atoms with Gasteiger partial charge in [0.2, 0.25) is 0 Å². The van der Waals surface area contributed by atoms with E-state index in [-0.39, 0.29) is 53.5 Å². The van der Waals surface area contributed by atoms with Crippen molar-refractivity contribution in [1.29, 1.82) is 0 Å². The number of aromatic nitrogens is 2. The maximum atomic E-state index is 15.0. The molecular formula is C36H43Cl2F6N3O4Si. The summed E-state index contributed by atoms with van der Waals surface area (Å²) in [5.74, 6) is -4.21. The van der Waals surface area contributed by atoms with Crippen LogP contribution in [0.2, 0.25) is 28.2 Å². The fourth-order valence-electron chi connectivity index (χ4n) is 6.93. The summed E-state index contributed by atoms with van der Waals surface area (Å²) in [6, 6.07) is 5.68. The van der Waals surface area contributed by atoms with E-state index in [1.165, 1.54) is 0 Å². The number of rotatable bonds is 14. The highest BCUT2D eigenvalue weighted by molar-refractivity contribution is 6.73. The topological polar surface area (TPSA) is 73.7 Å². The minimum Gasteiger partial charge on any atom is -0.466 e. The van der Waals surface area contributed by atoms with E-state index in [9.17, 15) is 35.9 Å². The minimum atomic E-state index is -5.05. The average molecular weight is 795 g/mol. The molecule has 1 atom stereocenters. The number of halogens is 8. The number of alkyl halides is 3. The Bertz CT molecular complexity index is 1690. The summed E-state index contributed by atoms with van der Waals surface area (Å²) in [5, 5.41) is 3.81. The summed E-state index contributed by atoms with van der Waals surface area (Å²) in [6.45, 7) is 8.37. The van der Waals surface area contributed by atoms with Crippen LogP contribution in [0.15, 0.2) is 36.5 Å². The molecule has 0 N–H and O–H groups in total. The molecule has 286 valence electrons. The summed E-state index contributed by atoms with van der Waals surface area (Å²) in [4.78, 5) is 28.0. The molecule has 0 saturated heterocycles. The minimum absolute atomic E-state index is 0.0441. The van der Waals surface area contributed by atoms with Gasteiger partial charge in [-0.3, -0.25) is 14.3 Å². The number of esters is 1. The smallest absolute Gasteiger partial charge is 0.433 e. The second-order valence-electron chi connectivity index (χ2n) is 13.5. The van der Waals surface area contributed by atoms with E-state index < -0.39 is 85.7 Å². The number of hydrogen-bond acceptors (Lipinski definition) is 5. The van der Waals surface area contributed by atoms with Gasteiger partial charge in [0.05, 0.1) is 52.5 Å². The van der Waals surface area contributed by atoms with Crippen LogP contribution < -0.4 is 0 Å². The van der Waals surface area contributed by atoms with Crippen molar-refractivity contribution < 1.29 is 45.1 Å². The van der Waals surface area contributed by atoms with Crippen LogP contribution in [0.25, 0.3) is 0 Å². The standard InChI is InChI=1S/C36H43Cl2F6N3O4Si/c1-6-50-34(49)35(5)12-10-26(11-13-35)47-32(36(42,43)44)27(19-45-47)33(48)46(20-22-14-23(39)16-24(40)15-22)21-30(51-52(7-2,8-3)9-4)31-28(37)17-25(41)18-29(31)38/h14-19,26,30H,6-13,20-21H2,1-5H3/t26-,30?,35-. The van der Waals surface area contributed by atoms with Crippen LogP contribution in [0.5, 0.6) is 0 Å². The lowest BCUT2D eigenvalue weighted by molar-refractivity contribution is -0.157. The summed E-state index contributed by atoms with van der Waals surface area (Å²) in [7, 11) is -2.60. The Kier molecular flexibility index (Phi) is 13.6. The number of benzene rings is 2. The van der Waals surface area contributed by atoms with Gasteiger partial charge in [-0.15, -0.1) is 0 Å². The van der Waals surface area contributed by atoms with Gasteiger partial charge in [0.15, 0.2) is 14.0 Å². The van der Waals surface area contributed by atoms with Crippen molar-refractivity contribution in [3.05, 3.63) is 86.4 Å². The van der Waals surface area contributed by atoms with Crippen molar-refractivity contribution in [3.8, 4) is 0 Å². The van der Waals surface area contributed by atoms with Crippen molar-refractivity contribution >= 4 is 43.4 Å². The molecule has 0 spiro atoms. The van der Waals surface area contributed by atoms with Crippen molar-refractivity contribution in [2.45, 2.75) is 103 Å². The van der Waals surface area contributed by atoms with E-state index >= 15 is 0 Å². The monoisotopic (exact) mass is 793 g/mol. The Morgan fingerprint density at radius 3 is 2.00 bits per heavy atom. The highest BCUT2D eigenvalue weighted by Gasteiger charge is 2.46. The number of nitrogens with zero attached hydrogens (tertiary/aromatic N) is 3. The molecule has 52 heavy (non-hydrogen) atoms. The molecule has 4 rings (SSSR count). The van der Waals surface area contributed by atoms with Gasteiger partial charge in [0.25, 0.3) is 5.91 Å². The Hall–Kier alpha value is -3.07. The van der Waals surface area contributed by atoms with Gasteiger partial charge >= 0.3 is 12.1 Å². The fraction of sp³-hybridized carbons (Fsp3) is 0.528. The lowest BCUT2D eigenvalue weighted by atomic mass is 9.74. The summed E-state index contributed by atoms with van der Waals surface area (Å²) in [6.07, 6.45) is -4.56. The first-order chi connectivity index (χ1) is 24.4. The van der Waals surface area contributed by atoms with Gasteiger partial charge in [-0.05, 0) is 87.5 Å². The van der Waals surface area contributed by atoms with Crippen molar-refractivity contribution in [1.82, 2.24) is 14.7 Å². The van der Waals surface area contributed by atoms with Crippen LogP contribution in [0.1, 0.15) is 99.6 Å². The van der Waals surface area contributed by atoms with Gasteiger partial charge in [-0.2, -0.15) is 18.3 Å². The van der Waals surface area contributed by atoms with Crippen LogP contribution in [-0.4, -0.2) is 48.0 Å². The van der Waals surface area contributed by atoms with Gasteiger partial charge in [0, 0.05) is 18.2 Å². The molecule has 0 radical (unpaired) electrons. The third-order valence-corrected chi connectivity index (χ3v) is 15.4. The van der Waals surface area contributed by atoms with E-state index in [1.807, 2.05) is 20.8 Å². The molecule has 2 aromatic carbocycles. The van der Waals surface area contributed by atoms with E-state index in [0.29, 0.717) is 24.2 Å². The summed E-state index contributed by atoms with van der Waals surface area (Å²) < 4.78 is 101. The molecule has 1 aliphatic rings. The Labute approximate surface area is 310 Å². The lowest BCUT2D eigenvalue weighted by Crippen LogP contribution is -2.42. The Balaban J connectivity index is 1.82. The summed E-state index contributed by atoms with van der Waals surface area (Å²) in [5.41, 5.74) is -2.88. The molecule has 1 aromatic heterocycles. The van der Waals surface area contributed by atoms with Crippen LogP contribution in [-0.2, 0) is 26.7 Å². The highest BCUT2D eigenvalue weighted by Crippen LogP contribution is 2.45. The Morgan fingerprint density at radius 2 is 1.50 bits per heavy atom. The van der Waals surface area contributed by atoms with E-state index in [0.717, 1.165) is 40.0 Å². The van der Waals surface area contributed by atoms with Crippen LogP contribution in [0.4, 0.5) is 26.3 Å². The number of carbonyl (C=O) groups excluding carboxylic acids is 2. The average Bonchev–Trinajstić information content (AvgIpc) is 3.52. The quantitative estimate of drug-likeness (QED) is 0.0923. The predicted octanol–water partition coefficient (Wildman–Crippen LogP) is 10.7. The summed E-state index contributed by atoms with van der Waals surface area (Å²) >= 11 is 13.0. The molecule has 0 aliphatic heterocycles. The van der Waals surface area contributed by atoms with E-state index in [1.54, 1.807) is 13.8 Å². The zero-order chi connectivity index (χ0) is 38.6. The normalized spacial score (nSPS) is 18.7. The van der Waals surface area contributed by atoms with Crippen molar-refractivity contribution in [2.75, 3.05) is 13.2 Å². The van der Waals surface area contributed by atoms with Gasteiger partial charge < -0.3 is 14.1 Å². The molecule has 1 amide bonds. The molecule has 1 heterocycles. The van der Waals surface area contributed by atoms with E-state index in [4.69, 9.17) is 32.4 Å². The van der Waals surface area contributed by atoms with Gasteiger partial charge in [-0.25, -0.2) is 13.2 Å². The third kappa shape index (κ3) is 9.34. The molecule has 7 nitrogen and oxygen atoms in total. The SMILES string of the molecule is CCOC(=O)[C@]1(C)CC[C@@H](n2ncc(C(=O)N(Cc3cc(F)cc(F)c3)CC(O[Si](CC)(CC)CC)c3c(Cl)cc(F)cc3Cl)c2C(F)(F)F)CC1. The number of hydrogen-bond donors (Lipinski definition) is 0. The van der Waals surface area contributed by atoms with Crippen LogP contribution in [0, 0.1) is 22.9 Å².